The van der Waals surface area contributed by atoms with Crippen molar-refractivity contribution < 1.29 is 23.8 Å². The maximum absolute atomic E-state index is 12.3. The number of carbonyl (C=O) groups excluding carboxylic acids is 2. The van der Waals surface area contributed by atoms with E-state index in [-0.39, 0.29) is 12.3 Å². The van der Waals surface area contributed by atoms with E-state index in [0.29, 0.717) is 18.8 Å². The van der Waals surface area contributed by atoms with Gasteiger partial charge in [-0.3, -0.25) is 0 Å². The van der Waals surface area contributed by atoms with Crippen molar-refractivity contribution in [3.05, 3.63) is 11.8 Å². The molecule has 1 aromatic heterocycles. The summed E-state index contributed by atoms with van der Waals surface area (Å²) in [6, 6.07) is 1.49. The van der Waals surface area contributed by atoms with Crippen LogP contribution in [0.2, 0.25) is 0 Å². The van der Waals surface area contributed by atoms with Gasteiger partial charge in [-0.2, -0.15) is 5.10 Å². The quantitative estimate of drug-likeness (QED) is 0.794. The molecule has 0 aromatic carbocycles. The second kappa shape index (κ2) is 5.62. The average Bonchev–Trinajstić information content (AvgIpc) is 2.79. The molecule has 1 aliphatic heterocycles. The van der Waals surface area contributed by atoms with Gasteiger partial charge < -0.3 is 14.2 Å². The number of esters is 2. The number of aryl methyl sites for hydroxylation is 1. The maximum atomic E-state index is 12.3. The third kappa shape index (κ3) is 3.40. The fourth-order valence-electron chi connectivity index (χ4n) is 2.08. The highest BCUT2D eigenvalue weighted by Gasteiger charge is 2.43. The van der Waals surface area contributed by atoms with Crippen LogP contribution in [0, 0.1) is 0 Å². The molecule has 1 aromatic rings. The number of hydrogen-bond donors (Lipinski definition) is 0. The lowest BCUT2D eigenvalue weighted by molar-refractivity contribution is -0.175. The van der Waals surface area contributed by atoms with Crippen LogP contribution in [0.15, 0.2) is 6.07 Å². The molecular weight excluding hydrogens is 288 g/mol. The van der Waals surface area contributed by atoms with E-state index in [0.717, 1.165) is 0 Å². The molecule has 0 spiro atoms. The topological polar surface area (TPSA) is 79.7 Å². The zero-order chi connectivity index (χ0) is 16.5. The lowest BCUT2D eigenvalue weighted by Gasteiger charge is -2.34. The van der Waals surface area contributed by atoms with Gasteiger partial charge in [0.05, 0.1) is 6.61 Å². The van der Waals surface area contributed by atoms with Gasteiger partial charge in [0, 0.05) is 19.0 Å². The molecule has 1 atom stereocenters. The first-order valence-electron chi connectivity index (χ1n) is 7.32. The van der Waals surface area contributed by atoms with Gasteiger partial charge in [0.25, 0.3) is 0 Å². The van der Waals surface area contributed by atoms with Crippen molar-refractivity contribution in [2.24, 2.45) is 0 Å². The highest BCUT2D eigenvalue weighted by atomic mass is 16.6. The minimum atomic E-state index is -1.09. The summed E-state index contributed by atoms with van der Waals surface area (Å²) in [7, 11) is 0. The summed E-state index contributed by atoms with van der Waals surface area (Å²) < 4.78 is 17.6. The molecule has 7 nitrogen and oxygen atoms in total. The SMILES string of the molecule is CCOC(=O)c1cc2n(n1)CCC(C)(C(=O)OC(C)(C)C)O2. The third-order valence-electron chi connectivity index (χ3n) is 3.19. The Labute approximate surface area is 129 Å². The lowest BCUT2D eigenvalue weighted by Crippen LogP contribution is -2.48. The van der Waals surface area contributed by atoms with Crippen LogP contribution in [0.4, 0.5) is 0 Å². The van der Waals surface area contributed by atoms with E-state index < -0.39 is 23.1 Å². The van der Waals surface area contributed by atoms with Crippen molar-refractivity contribution in [2.75, 3.05) is 6.61 Å². The second-order valence-electron chi connectivity index (χ2n) is 6.40. The highest BCUT2D eigenvalue weighted by molar-refractivity contribution is 5.87. The number of rotatable bonds is 3. The van der Waals surface area contributed by atoms with E-state index in [2.05, 4.69) is 5.10 Å². The number of nitrogens with zero attached hydrogens (tertiary/aromatic N) is 2. The van der Waals surface area contributed by atoms with Crippen molar-refractivity contribution in [2.45, 2.75) is 58.8 Å². The molecule has 7 heteroatoms. The van der Waals surface area contributed by atoms with Crippen LogP contribution in [0.3, 0.4) is 0 Å². The normalized spacial score (nSPS) is 20.8. The molecule has 2 rings (SSSR count). The summed E-state index contributed by atoms with van der Waals surface area (Å²) in [5, 5.41) is 4.13. The highest BCUT2D eigenvalue weighted by Crippen LogP contribution is 2.31. The Morgan fingerprint density at radius 2 is 2.14 bits per heavy atom. The average molecular weight is 310 g/mol. The van der Waals surface area contributed by atoms with Gasteiger partial charge in [-0.15, -0.1) is 0 Å². The van der Waals surface area contributed by atoms with Crippen molar-refractivity contribution in [1.82, 2.24) is 9.78 Å². The molecule has 0 radical (unpaired) electrons. The van der Waals surface area contributed by atoms with E-state index in [1.165, 1.54) is 6.07 Å². The first kappa shape index (κ1) is 16.3. The van der Waals surface area contributed by atoms with Crippen LogP contribution in [-0.2, 0) is 20.8 Å². The standard InChI is InChI=1S/C15H22N2O5/c1-6-20-12(18)10-9-11-17(16-10)8-7-15(5,21-11)13(19)22-14(2,3)4/h9H,6-8H2,1-5H3. The molecule has 122 valence electrons. The summed E-state index contributed by atoms with van der Waals surface area (Å²) in [5.74, 6) is -0.570. The molecule has 0 saturated carbocycles. The first-order chi connectivity index (χ1) is 10.1. The van der Waals surface area contributed by atoms with Gasteiger partial charge in [0.15, 0.2) is 5.69 Å². The molecule has 0 saturated heterocycles. The van der Waals surface area contributed by atoms with Gasteiger partial charge in [-0.25, -0.2) is 14.3 Å². The van der Waals surface area contributed by atoms with Gasteiger partial charge >= 0.3 is 11.9 Å². The molecule has 1 unspecified atom stereocenters. The van der Waals surface area contributed by atoms with Crippen molar-refractivity contribution in [3.63, 3.8) is 0 Å². The number of fused-ring (bicyclic) bond motifs is 1. The molecule has 0 N–H and O–H groups in total. The Morgan fingerprint density at radius 3 is 2.73 bits per heavy atom. The summed E-state index contributed by atoms with van der Waals surface area (Å²) in [6.07, 6.45) is 0.416. The number of ether oxygens (including phenoxy) is 3. The van der Waals surface area contributed by atoms with Crippen LogP contribution in [0.5, 0.6) is 5.88 Å². The molecule has 0 bridgehead atoms. The van der Waals surface area contributed by atoms with E-state index in [9.17, 15) is 9.59 Å². The van der Waals surface area contributed by atoms with E-state index in [4.69, 9.17) is 14.2 Å². The zero-order valence-electron chi connectivity index (χ0n) is 13.6. The predicted octanol–water partition coefficient (Wildman–Crippen LogP) is 1.94. The molecule has 0 aliphatic carbocycles. The Kier molecular flexibility index (Phi) is 4.17. The predicted molar refractivity (Wildman–Crippen MR) is 77.7 cm³/mol. The fourth-order valence-corrected chi connectivity index (χ4v) is 2.08. The molecule has 2 heterocycles. The number of carbonyl (C=O) groups is 2. The van der Waals surface area contributed by atoms with Crippen LogP contribution >= 0.6 is 0 Å². The first-order valence-corrected chi connectivity index (χ1v) is 7.32. The maximum Gasteiger partial charge on any atom is 0.358 e. The Balaban J connectivity index is 2.17. The molecule has 0 fully saturated rings. The van der Waals surface area contributed by atoms with Crippen LogP contribution in [0.1, 0.15) is 51.5 Å². The van der Waals surface area contributed by atoms with Crippen molar-refractivity contribution >= 4 is 11.9 Å². The van der Waals surface area contributed by atoms with Gasteiger partial charge in [0.2, 0.25) is 11.5 Å². The minimum absolute atomic E-state index is 0.172. The summed E-state index contributed by atoms with van der Waals surface area (Å²) in [4.78, 5) is 24.0. The Morgan fingerprint density at radius 1 is 1.45 bits per heavy atom. The molecule has 1 aliphatic rings. The largest absolute Gasteiger partial charge is 0.461 e. The fraction of sp³-hybridized carbons (Fsp3) is 0.667. The number of hydrogen-bond acceptors (Lipinski definition) is 6. The van der Waals surface area contributed by atoms with E-state index in [1.807, 2.05) is 0 Å². The van der Waals surface area contributed by atoms with Crippen LogP contribution in [0.25, 0.3) is 0 Å². The van der Waals surface area contributed by atoms with Gasteiger partial charge in [0.1, 0.15) is 5.60 Å². The summed E-state index contributed by atoms with van der Waals surface area (Å²) in [5.41, 5.74) is -1.50. The van der Waals surface area contributed by atoms with E-state index >= 15 is 0 Å². The molecule has 22 heavy (non-hydrogen) atoms. The summed E-state index contributed by atoms with van der Waals surface area (Å²) >= 11 is 0. The second-order valence-corrected chi connectivity index (χ2v) is 6.40. The van der Waals surface area contributed by atoms with E-state index in [1.54, 1.807) is 39.3 Å². The Hall–Kier alpha value is -2.05. The van der Waals surface area contributed by atoms with Crippen LogP contribution in [-0.4, -0.2) is 39.5 Å². The van der Waals surface area contributed by atoms with Gasteiger partial charge in [-0.05, 0) is 34.6 Å². The Bertz CT molecular complexity index is 587. The van der Waals surface area contributed by atoms with Crippen LogP contribution < -0.4 is 4.74 Å². The third-order valence-corrected chi connectivity index (χ3v) is 3.19. The lowest BCUT2D eigenvalue weighted by atomic mass is 10.0. The summed E-state index contributed by atoms with van der Waals surface area (Å²) in [6.45, 7) is 9.56. The minimum Gasteiger partial charge on any atom is -0.461 e. The number of aromatic nitrogens is 2. The van der Waals surface area contributed by atoms with Gasteiger partial charge in [-0.1, -0.05) is 0 Å². The molecule has 0 amide bonds. The van der Waals surface area contributed by atoms with Crippen molar-refractivity contribution in [3.8, 4) is 5.88 Å². The van der Waals surface area contributed by atoms with Crippen molar-refractivity contribution in [1.29, 1.82) is 0 Å². The monoisotopic (exact) mass is 310 g/mol. The molecular formula is C15H22N2O5. The zero-order valence-corrected chi connectivity index (χ0v) is 13.6. The smallest absolute Gasteiger partial charge is 0.358 e.